The molecule has 0 heterocycles. The molecule has 1 heteroatoms. The summed E-state index contributed by atoms with van der Waals surface area (Å²) >= 11 is 0. The summed E-state index contributed by atoms with van der Waals surface area (Å²) in [4.78, 5) is 0. The van der Waals surface area contributed by atoms with Gasteiger partial charge in [-0.25, -0.2) is 0 Å². The lowest BCUT2D eigenvalue weighted by molar-refractivity contribution is 0.268. The summed E-state index contributed by atoms with van der Waals surface area (Å²) in [6.45, 7) is 12.3. The Morgan fingerprint density at radius 1 is 0.676 bits per heavy atom. The van der Waals surface area contributed by atoms with E-state index in [-0.39, 0.29) is 0 Å². The SMILES string of the molecule is CCc1cc(-c2ccc(-c3ccc(C4CCC(C)CC4)cc3)cc2)cc(CC)c1OCCC(CC)CC. The highest BCUT2D eigenvalue weighted by molar-refractivity contribution is 5.72. The zero-order valence-electron chi connectivity index (χ0n) is 24.0. The van der Waals surface area contributed by atoms with E-state index in [9.17, 15) is 0 Å². The smallest absolute Gasteiger partial charge is 0.125 e. The molecule has 198 valence electrons. The van der Waals surface area contributed by atoms with Crippen molar-refractivity contribution < 1.29 is 4.74 Å². The van der Waals surface area contributed by atoms with E-state index >= 15 is 0 Å². The molecule has 0 atom stereocenters. The molecule has 0 radical (unpaired) electrons. The van der Waals surface area contributed by atoms with Gasteiger partial charge in [-0.2, -0.15) is 0 Å². The number of hydrogen-bond donors (Lipinski definition) is 0. The number of benzene rings is 3. The van der Waals surface area contributed by atoms with Crippen LogP contribution in [0.1, 0.15) is 102 Å². The molecule has 0 aliphatic heterocycles. The number of aryl methyl sites for hydroxylation is 2. The quantitative estimate of drug-likeness (QED) is 0.256. The van der Waals surface area contributed by atoms with Crippen molar-refractivity contribution in [2.24, 2.45) is 11.8 Å². The first-order valence-electron chi connectivity index (χ1n) is 15.0. The third-order valence-electron chi connectivity index (χ3n) is 8.88. The molecule has 0 amide bonds. The first kappa shape index (κ1) is 27.5. The van der Waals surface area contributed by atoms with Crippen LogP contribution in [0.25, 0.3) is 22.3 Å². The van der Waals surface area contributed by atoms with Crippen LogP contribution in [0.2, 0.25) is 0 Å². The summed E-state index contributed by atoms with van der Waals surface area (Å²) in [5.41, 5.74) is 9.36. The summed E-state index contributed by atoms with van der Waals surface area (Å²) in [6, 6.07) is 23.2. The monoisotopic (exact) mass is 496 g/mol. The maximum absolute atomic E-state index is 6.41. The molecule has 1 nitrogen and oxygen atoms in total. The Morgan fingerprint density at radius 3 is 1.65 bits per heavy atom. The maximum atomic E-state index is 6.41. The minimum absolute atomic E-state index is 0.750. The Bertz CT molecular complexity index is 1070. The molecular weight excluding hydrogens is 448 g/mol. The Labute approximate surface area is 226 Å². The zero-order valence-corrected chi connectivity index (χ0v) is 24.0. The van der Waals surface area contributed by atoms with E-state index < -0.39 is 0 Å². The highest BCUT2D eigenvalue weighted by atomic mass is 16.5. The second-order valence-corrected chi connectivity index (χ2v) is 11.3. The van der Waals surface area contributed by atoms with E-state index in [2.05, 4.69) is 95.3 Å². The molecule has 1 aliphatic carbocycles. The molecule has 0 aromatic heterocycles. The largest absolute Gasteiger partial charge is 0.493 e. The Morgan fingerprint density at radius 2 is 1.16 bits per heavy atom. The van der Waals surface area contributed by atoms with Gasteiger partial charge in [-0.05, 0) is 101 Å². The number of ether oxygens (including phenoxy) is 1. The van der Waals surface area contributed by atoms with Crippen LogP contribution in [-0.4, -0.2) is 6.61 Å². The first-order valence-corrected chi connectivity index (χ1v) is 15.0. The van der Waals surface area contributed by atoms with Gasteiger partial charge in [-0.3, -0.25) is 0 Å². The molecular formula is C36H48O. The van der Waals surface area contributed by atoms with Gasteiger partial charge in [0, 0.05) is 0 Å². The predicted octanol–water partition coefficient (Wildman–Crippen LogP) is 10.6. The Hall–Kier alpha value is -2.54. The summed E-state index contributed by atoms with van der Waals surface area (Å²) in [7, 11) is 0. The van der Waals surface area contributed by atoms with Crippen molar-refractivity contribution in [1.29, 1.82) is 0 Å². The van der Waals surface area contributed by atoms with Crippen molar-refractivity contribution in [3.8, 4) is 28.0 Å². The van der Waals surface area contributed by atoms with Crippen LogP contribution in [-0.2, 0) is 12.8 Å². The maximum Gasteiger partial charge on any atom is 0.125 e. The molecule has 0 N–H and O–H groups in total. The van der Waals surface area contributed by atoms with Crippen LogP contribution in [0.15, 0.2) is 60.7 Å². The minimum Gasteiger partial charge on any atom is -0.493 e. The fourth-order valence-corrected chi connectivity index (χ4v) is 6.05. The summed E-state index contributed by atoms with van der Waals surface area (Å²) in [6.07, 6.45) is 11.0. The van der Waals surface area contributed by atoms with Gasteiger partial charge in [0.1, 0.15) is 5.75 Å². The van der Waals surface area contributed by atoms with Gasteiger partial charge in [0.05, 0.1) is 6.61 Å². The topological polar surface area (TPSA) is 9.23 Å². The van der Waals surface area contributed by atoms with E-state index in [4.69, 9.17) is 4.74 Å². The lowest BCUT2D eigenvalue weighted by Gasteiger charge is -2.26. The molecule has 4 rings (SSSR count). The fraction of sp³-hybridized carbons (Fsp3) is 0.500. The van der Waals surface area contributed by atoms with Crippen molar-refractivity contribution in [3.63, 3.8) is 0 Å². The van der Waals surface area contributed by atoms with Crippen molar-refractivity contribution in [2.75, 3.05) is 6.61 Å². The number of hydrogen-bond acceptors (Lipinski definition) is 1. The average Bonchev–Trinajstić information content (AvgIpc) is 2.95. The van der Waals surface area contributed by atoms with Gasteiger partial charge in [0.2, 0.25) is 0 Å². The molecule has 0 saturated heterocycles. The van der Waals surface area contributed by atoms with Crippen molar-refractivity contribution in [1.82, 2.24) is 0 Å². The van der Waals surface area contributed by atoms with Gasteiger partial charge in [-0.15, -0.1) is 0 Å². The van der Waals surface area contributed by atoms with Crippen molar-refractivity contribution in [2.45, 2.75) is 98.3 Å². The van der Waals surface area contributed by atoms with Gasteiger partial charge in [-0.1, -0.05) is 109 Å². The van der Waals surface area contributed by atoms with E-state index in [1.165, 1.54) is 77.5 Å². The van der Waals surface area contributed by atoms with E-state index in [1.807, 2.05) is 0 Å². The second-order valence-electron chi connectivity index (χ2n) is 11.3. The number of rotatable bonds is 11. The van der Waals surface area contributed by atoms with Gasteiger partial charge >= 0.3 is 0 Å². The van der Waals surface area contributed by atoms with Crippen molar-refractivity contribution >= 4 is 0 Å². The Balaban J connectivity index is 1.48. The Kier molecular flexibility index (Phi) is 9.89. The van der Waals surface area contributed by atoms with E-state index in [0.29, 0.717) is 0 Å². The van der Waals surface area contributed by atoms with Crippen LogP contribution < -0.4 is 4.74 Å². The molecule has 3 aromatic carbocycles. The fourth-order valence-electron chi connectivity index (χ4n) is 6.05. The standard InChI is InChI=1S/C36H48O/c1-6-27(7-2)22-23-37-36-28(8-3)24-35(25-29(36)9-4)34-20-18-33(19-21-34)32-16-14-31(15-17-32)30-12-10-26(5)11-13-30/h14-21,24-27,30H,6-13,22-23H2,1-5H3. The molecule has 0 bridgehead atoms. The third-order valence-corrected chi connectivity index (χ3v) is 8.88. The molecule has 0 spiro atoms. The minimum atomic E-state index is 0.750. The van der Waals surface area contributed by atoms with Crippen molar-refractivity contribution in [3.05, 3.63) is 77.4 Å². The van der Waals surface area contributed by atoms with Crippen LogP contribution >= 0.6 is 0 Å². The van der Waals surface area contributed by atoms with E-state index in [0.717, 1.165) is 49.4 Å². The van der Waals surface area contributed by atoms with Gasteiger partial charge < -0.3 is 4.74 Å². The van der Waals surface area contributed by atoms with Crippen LogP contribution in [0.3, 0.4) is 0 Å². The summed E-state index contributed by atoms with van der Waals surface area (Å²) < 4.78 is 6.41. The first-order chi connectivity index (χ1) is 18.1. The predicted molar refractivity (Wildman–Crippen MR) is 161 cm³/mol. The van der Waals surface area contributed by atoms with Gasteiger partial charge in [0.15, 0.2) is 0 Å². The average molecular weight is 497 g/mol. The van der Waals surface area contributed by atoms with Crippen LogP contribution in [0, 0.1) is 11.8 Å². The molecule has 37 heavy (non-hydrogen) atoms. The molecule has 3 aromatic rings. The van der Waals surface area contributed by atoms with E-state index in [1.54, 1.807) is 0 Å². The zero-order chi connectivity index (χ0) is 26.2. The molecule has 1 aliphatic rings. The normalized spacial score (nSPS) is 17.8. The van der Waals surface area contributed by atoms with Crippen LogP contribution in [0.5, 0.6) is 5.75 Å². The lowest BCUT2D eigenvalue weighted by atomic mass is 9.79. The molecule has 0 unspecified atom stereocenters. The molecule has 1 saturated carbocycles. The van der Waals surface area contributed by atoms with Gasteiger partial charge in [0.25, 0.3) is 0 Å². The third kappa shape index (κ3) is 6.86. The summed E-state index contributed by atoms with van der Waals surface area (Å²) in [5, 5.41) is 0. The van der Waals surface area contributed by atoms with Crippen LogP contribution in [0.4, 0.5) is 0 Å². The second kappa shape index (κ2) is 13.3. The summed E-state index contributed by atoms with van der Waals surface area (Å²) in [5.74, 6) is 3.54. The molecule has 1 fully saturated rings. The highest BCUT2D eigenvalue weighted by Crippen LogP contribution is 2.37. The lowest BCUT2D eigenvalue weighted by Crippen LogP contribution is -2.10. The highest BCUT2D eigenvalue weighted by Gasteiger charge is 2.19.